The molecule has 0 aliphatic heterocycles. The van der Waals surface area contributed by atoms with Crippen molar-refractivity contribution in [3.63, 3.8) is 0 Å². The molecule has 0 bridgehead atoms. The molecule has 1 aromatic carbocycles. The van der Waals surface area contributed by atoms with Crippen LogP contribution in [0.3, 0.4) is 0 Å². The van der Waals surface area contributed by atoms with Crippen LogP contribution in [-0.2, 0) is 6.18 Å². The summed E-state index contributed by atoms with van der Waals surface area (Å²) in [5.74, 6) is -0.166. The van der Waals surface area contributed by atoms with Gasteiger partial charge in [-0.25, -0.2) is 9.50 Å². The van der Waals surface area contributed by atoms with Gasteiger partial charge in [-0.05, 0) is 18.2 Å². The van der Waals surface area contributed by atoms with Crippen molar-refractivity contribution in [1.29, 1.82) is 0 Å². The summed E-state index contributed by atoms with van der Waals surface area (Å²) < 4.78 is 68.8. The van der Waals surface area contributed by atoms with Gasteiger partial charge in [0.1, 0.15) is 5.75 Å². The maximum atomic E-state index is 13.1. The second kappa shape index (κ2) is 5.49. The van der Waals surface area contributed by atoms with Crippen molar-refractivity contribution in [2.75, 3.05) is 0 Å². The van der Waals surface area contributed by atoms with E-state index in [2.05, 4.69) is 14.8 Å². The molecule has 0 unspecified atom stereocenters. The molecule has 3 aromatic rings. The molecule has 0 saturated carbocycles. The van der Waals surface area contributed by atoms with E-state index < -0.39 is 18.5 Å². The zero-order valence-electron chi connectivity index (χ0n) is 11.3. The first kappa shape index (κ1) is 15.2. The Morgan fingerprint density at radius 1 is 1.09 bits per heavy atom. The van der Waals surface area contributed by atoms with Crippen molar-refractivity contribution >= 4 is 5.65 Å². The summed E-state index contributed by atoms with van der Waals surface area (Å²) in [6.07, 6.45) is -3.45. The smallest absolute Gasteiger partial charge is 0.433 e. The molecule has 3 rings (SSSR count). The van der Waals surface area contributed by atoms with Crippen molar-refractivity contribution in [2.45, 2.75) is 12.8 Å². The van der Waals surface area contributed by atoms with Crippen molar-refractivity contribution in [2.24, 2.45) is 0 Å². The van der Waals surface area contributed by atoms with Gasteiger partial charge in [-0.3, -0.25) is 0 Å². The lowest BCUT2D eigenvalue weighted by Gasteiger charge is -2.11. The highest BCUT2D eigenvalue weighted by atomic mass is 19.4. The van der Waals surface area contributed by atoms with Crippen molar-refractivity contribution < 1.29 is 26.7 Å². The fourth-order valence-corrected chi connectivity index (χ4v) is 2.09. The Morgan fingerprint density at radius 3 is 2.57 bits per heavy atom. The predicted molar refractivity (Wildman–Crippen MR) is 70.1 cm³/mol. The fourth-order valence-electron chi connectivity index (χ4n) is 2.09. The van der Waals surface area contributed by atoms with Crippen LogP contribution in [0.25, 0.3) is 16.9 Å². The van der Waals surface area contributed by atoms with E-state index in [1.807, 2.05) is 0 Å². The largest absolute Gasteiger partial charge is 0.435 e. The molecule has 0 spiro atoms. The summed E-state index contributed by atoms with van der Waals surface area (Å²) in [4.78, 5) is 4.06. The molecule has 0 aliphatic carbocycles. The maximum absolute atomic E-state index is 13.1. The summed E-state index contributed by atoms with van der Waals surface area (Å²) in [6.45, 7) is -3.03. The van der Waals surface area contributed by atoms with Gasteiger partial charge in [0, 0.05) is 11.6 Å². The summed E-state index contributed by atoms with van der Waals surface area (Å²) in [7, 11) is 0. The first-order valence-corrected chi connectivity index (χ1v) is 6.32. The Balaban J connectivity index is 2.13. The minimum atomic E-state index is -4.64. The van der Waals surface area contributed by atoms with Gasteiger partial charge in [0.2, 0.25) is 0 Å². The number of hydrogen-bond acceptors (Lipinski definition) is 3. The van der Waals surface area contributed by atoms with Crippen LogP contribution in [0.2, 0.25) is 0 Å². The van der Waals surface area contributed by atoms with Crippen LogP contribution in [0.15, 0.2) is 42.6 Å². The Bertz CT molecular complexity index is 844. The molecule has 0 N–H and O–H groups in total. The number of hydrogen-bond donors (Lipinski definition) is 0. The number of fused-ring (bicyclic) bond motifs is 1. The lowest BCUT2D eigenvalue weighted by atomic mass is 10.1. The van der Waals surface area contributed by atoms with Crippen LogP contribution in [0.1, 0.15) is 5.69 Å². The minimum Gasteiger partial charge on any atom is -0.435 e. The molecule has 23 heavy (non-hydrogen) atoms. The summed E-state index contributed by atoms with van der Waals surface area (Å²) in [5.41, 5.74) is -0.819. The third-order valence-corrected chi connectivity index (χ3v) is 3.00. The molecule has 4 nitrogen and oxygen atoms in total. The summed E-state index contributed by atoms with van der Waals surface area (Å²) in [6, 6.07) is 7.44. The topological polar surface area (TPSA) is 39.4 Å². The molecule has 0 fully saturated rings. The monoisotopic (exact) mass is 329 g/mol. The molecular weight excluding hydrogens is 321 g/mol. The fraction of sp³-hybridized carbons (Fsp3) is 0.143. The number of halogens is 5. The van der Waals surface area contributed by atoms with Gasteiger partial charge >= 0.3 is 12.8 Å². The van der Waals surface area contributed by atoms with E-state index in [1.54, 1.807) is 0 Å². The summed E-state index contributed by atoms with van der Waals surface area (Å²) >= 11 is 0. The Hall–Kier alpha value is -2.71. The van der Waals surface area contributed by atoms with Crippen LogP contribution < -0.4 is 4.74 Å². The van der Waals surface area contributed by atoms with Crippen molar-refractivity contribution in [3.8, 4) is 17.0 Å². The van der Waals surface area contributed by atoms with Gasteiger partial charge in [0.05, 0.1) is 11.9 Å². The predicted octanol–water partition coefficient (Wildman–Crippen LogP) is 4.02. The number of alkyl halides is 5. The number of aromatic nitrogens is 3. The zero-order valence-corrected chi connectivity index (χ0v) is 11.3. The average molecular weight is 329 g/mol. The standard InChI is InChI=1S/C14H8F5N3O/c15-13(16)23-9-3-1-2-8(6-9)10-7-11(14(17,18)19)22-12(21-10)4-5-20-22/h1-7,13H. The molecule has 0 saturated heterocycles. The van der Waals surface area contributed by atoms with E-state index in [-0.39, 0.29) is 22.7 Å². The summed E-state index contributed by atoms with van der Waals surface area (Å²) in [5, 5.41) is 3.59. The normalized spacial score (nSPS) is 12.1. The number of rotatable bonds is 3. The van der Waals surface area contributed by atoms with E-state index in [0.717, 1.165) is 6.07 Å². The highest BCUT2D eigenvalue weighted by Gasteiger charge is 2.35. The molecule has 0 amide bonds. The molecule has 0 atom stereocenters. The van der Waals surface area contributed by atoms with Crippen LogP contribution in [0, 0.1) is 0 Å². The molecule has 0 radical (unpaired) electrons. The van der Waals surface area contributed by atoms with Gasteiger partial charge in [-0.1, -0.05) is 12.1 Å². The highest BCUT2D eigenvalue weighted by Crippen LogP contribution is 2.32. The van der Waals surface area contributed by atoms with Crippen LogP contribution >= 0.6 is 0 Å². The van der Waals surface area contributed by atoms with Crippen LogP contribution in [-0.4, -0.2) is 21.2 Å². The molecule has 0 aliphatic rings. The first-order valence-electron chi connectivity index (χ1n) is 6.32. The van der Waals surface area contributed by atoms with Crippen LogP contribution in [0.5, 0.6) is 5.75 Å². The van der Waals surface area contributed by atoms with E-state index in [1.165, 1.54) is 36.5 Å². The van der Waals surface area contributed by atoms with Crippen molar-refractivity contribution in [1.82, 2.24) is 14.6 Å². The molecule has 2 aromatic heterocycles. The lowest BCUT2D eigenvalue weighted by Crippen LogP contribution is -2.13. The third kappa shape index (κ3) is 3.08. The Labute approximate surface area is 126 Å². The molecular formula is C14H8F5N3O. The quantitative estimate of drug-likeness (QED) is 0.682. The molecule has 120 valence electrons. The van der Waals surface area contributed by atoms with E-state index >= 15 is 0 Å². The highest BCUT2D eigenvalue weighted by molar-refractivity contribution is 5.64. The second-order valence-corrected chi connectivity index (χ2v) is 4.53. The zero-order chi connectivity index (χ0) is 16.6. The number of benzene rings is 1. The van der Waals surface area contributed by atoms with Crippen molar-refractivity contribution in [3.05, 3.63) is 48.3 Å². The Kier molecular flexibility index (Phi) is 3.63. The third-order valence-electron chi connectivity index (χ3n) is 3.00. The van der Waals surface area contributed by atoms with Gasteiger partial charge in [0.25, 0.3) is 0 Å². The van der Waals surface area contributed by atoms with E-state index in [9.17, 15) is 22.0 Å². The van der Waals surface area contributed by atoms with Gasteiger partial charge < -0.3 is 4.74 Å². The van der Waals surface area contributed by atoms with Crippen LogP contribution in [0.4, 0.5) is 22.0 Å². The number of nitrogens with zero attached hydrogens (tertiary/aromatic N) is 3. The SMILES string of the molecule is FC(F)Oc1cccc(-c2cc(C(F)(F)F)n3nccc3n2)c1. The number of ether oxygens (including phenoxy) is 1. The Morgan fingerprint density at radius 2 is 1.87 bits per heavy atom. The van der Waals surface area contributed by atoms with E-state index in [4.69, 9.17) is 0 Å². The van der Waals surface area contributed by atoms with Gasteiger partial charge in [0.15, 0.2) is 11.3 Å². The van der Waals surface area contributed by atoms with E-state index in [0.29, 0.717) is 4.52 Å². The second-order valence-electron chi connectivity index (χ2n) is 4.53. The minimum absolute atomic E-state index is 0.00462. The first-order chi connectivity index (χ1) is 10.8. The average Bonchev–Trinajstić information content (AvgIpc) is 2.92. The lowest BCUT2D eigenvalue weighted by molar-refractivity contribution is -0.142. The molecule has 9 heteroatoms. The maximum Gasteiger partial charge on any atom is 0.433 e. The van der Waals surface area contributed by atoms with Gasteiger partial charge in [-0.15, -0.1) is 0 Å². The molecule has 2 heterocycles. The van der Waals surface area contributed by atoms with Gasteiger partial charge in [-0.2, -0.15) is 27.1 Å².